The quantitative estimate of drug-likeness (QED) is 0.860. The summed E-state index contributed by atoms with van der Waals surface area (Å²) in [5, 5.41) is 0. The minimum atomic E-state index is -4.38. The Morgan fingerprint density at radius 2 is 1.96 bits per heavy atom. The summed E-state index contributed by atoms with van der Waals surface area (Å²) in [5.74, 6) is -0.550. The zero-order valence-electron chi connectivity index (χ0n) is 13.0. The molecule has 2 heterocycles. The summed E-state index contributed by atoms with van der Waals surface area (Å²) in [7, 11) is 0. The first-order valence-electron chi connectivity index (χ1n) is 7.87. The summed E-state index contributed by atoms with van der Waals surface area (Å²) in [6.07, 6.45) is 1.88. The minimum Gasteiger partial charge on any atom is -0.333 e. The number of rotatable bonds is 3. The highest BCUT2D eigenvalue weighted by Crippen LogP contribution is 2.32. The van der Waals surface area contributed by atoms with Crippen LogP contribution in [0.4, 0.5) is 13.2 Å². The number of hydrogen-bond acceptors (Lipinski definition) is 2. The first kappa shape index (κ1) is 16.5. The summed E-state index contributed by atoms with van der Waals surface area (Å²) in [5.41, 5.74) is 1.25. The zero-order chi connectivity index (χ0) is 17.2. The van der Waals surface area contributed by atoms with Crippen molar-refractivity contribution in [3.63, 3.8) is 0 Å². The molecular weight excluding hydrogens is 319 g/mol. The lowest BCUT2D eigenvalue weighted by atomic mass is 10.00. The Morgan fingerprint density at radius 1 is 1.21 bits per heavy atom. The lowest BCUT2D eigenvalue weighted by Crippen LogP contribution is -2.51. The lowest BCUT2D eigenvalue weighted by molar-refractivity contribution is -0.183. The van der Waals surface area contributed by atoms with Crippen LogP contribution in [0, 0.1) is 0 Å². The van der Waals surface area contributed by atoms with E-state index in [1.165, 1.54) is 0 Å². The zero-order valence-corrected chi connectivity index (χ0v) is 13.0. The van der Waals surface area contributed by atoms with Gasteiger partial charge in [0.15, 0.2) is 0 Å². The molecule has 4 nitrogen and oxygen atoms in total. The van der Waals surface area contributed by atoms with Gasteiger partial charge in [0.2, 0.25) is 0 Å². The highest BCUT2D eigenvalue weighted by Gasteiger charge is 2.46. The van der Waals surface area contributed by atoms with E-state index < -0.39 is 18.1 Å². The van der Waals surface area contributed by atoms with Gasteiger partial charge >= 0.3 is 6.18 Å². The maximum atomic E-state index is 13.1. The molecule has 1 unspecified atom stereocenters. The van der Waals surface area contributed by atoms with Crippen molar-refractivity contribution in [2.24, 2.45) is 0 Å². The Kier molecular flexibility index (Phi) is 4.59. The average Bonchev–Trinajstić information content (AvgIpc) is 3.07. The Hall–Kier alpha value is -2.31. The molecule has 0 bridgehead atoms. The molecular formula is C17H18F3N3O. The molecule has 3 rings (SSSR count). The smallest absolute Gasteiger partial charge is 0.333 e. The SMILES string of the molecule is O=C(c1ccc(Cn2ccnc2)cc1)N1CCCCC1C(F)(F)F. The number of piperidine rings is 1. The first-order valence-corrected chi connectivity index (χ1v) is 7.87. The van der Waals surface area contributed by atoms with Crippen LogP contribution in [0.3, 0.4) is 0 Å². The number of carbonyl (C=O) groups is 1. The Morgan fingerprint density at radius 3 is 2.58 bits per heavy atom. The van der Waals surface area contributed by atoms with Crippen molar-refractivity contribution in [1.82, 2.24) is 14.5 Å². The Labute approximate surface area is 137 Å². The van der Waals surface area contributed by atoms with Crippen molar-refractivity contribution in [3.05, 3.63) is 54.1 Å². The topological polar surface area (TPSA) is 38.1 Å². The van der Waals surface area contributed by atoms with Crippen LogP contribution in [0.25, 0.3) is 0 Å². The molecule has 128 valence electrons. The summed E-state index contributed by atoms with van der Waals surface area (Å²) in [6.45, 7) is 0.753. The highest BCUT2D eigenvalue weighted by atomic mass is 19.4. The predicted molar refractivity (Wildman–Crippen MR) is 82.5 cm³/mol. The molecule has 0 radical (unpaired) electrons. The van der Waals surface area contributed by atoms with Crippen LogP contribution in [0.1, 0.15) is 35.2 Å². The third kappa shape index (κ3) is 3.60. The Balaban J connectivity index is 1.74. The van der Waals surface area contributed by atoms with Crippen LogP contribution in [-0.2, 0) is 6.54 Å². The minimum absolute atomic E-state index is 0.0199. The molecule has 24 heavy (non-hydrogen) atoms. The van der Waals surface area contributed by atoms with E-state index in [1.54, 1.807) is 36.8 Å². The summed E-state index contributed by atoms with van der Waals surface area (Å²) in [6, 6.07) is 5.04. The third-order valence-corrected chi connectivity index (χ3v) is 4.27. The van der Waals surface area contributed by atoms with Crippen molar-refractivity contribution in [2.45, 2.75) is 38.0 Å². The van der Waals surface area contributed by atoms with Gasteiger partial charge < -0.3 is 9.47 Å². The van der Waals surface area contributed by atoms with Gasteiger partial charge in [-0.25, -0.2) is 4.98 Å². The molecule has 1 aromatic carbocycles. The molecule has 1 fully saturated rings. The van der Waals surface area contributed by atoms with E-state index in [9.17, 15) is 18.0 Å². The fourth-order valence-electron chi connectivity index (χ4n) is 3.02. The van der Waals surface area contributed by atoms with E-state index in [2.05, 4.69) is 4.98 Å². The predicted octanol–water partition coefficient (Wildman–Crippen LogP) is 3.49. The van der Waals surface area contributed by atoms with Gasteiger partial charge in [-0.05, 0) is 37.0 Å². The van der Waals surface area contributed by atoms with E-state index in [-0.39, 0.29) is 13.0 Å². The molecule has 1 saturated heterocycles. The number of hydrogen-bond donors (Lipinski definition) is 0. The van der Waals surface area contributed by atoms with E-state index >= 15 is 0 Å². The van der Waals surface area contributed by atoms with Gasteiger partial charge in [-0.2, -0.15) is 13.2 Å². The maximum Gasteiger partial charge on any atom is 0.408 e. The monoisotopic (exact) mass is 337 g/mol. The van der Waals surface area contributed by atoms with Crippen molar-refractivity contribution in [3.8, 4) is 0 Å². The average molecular weight is 337 g/mol. The van der Waals surface area contributed by atoms with Gasteiger partial charge in [-0.1, -0.05) is 12.1 Å². The van der Waals surface area contributed by atoms with Crippen LogP contribution in [0.2, 0.25) is 0 Å². The van der Waals surface area contributed by atoms with Crippen molar-refractivity contribution in [1.29, 1.82) is 0 Å². The molecule has 2 aromatic rings. The maximum absolute atomic E-state index is 13.1. The van der Waals surface area contributed by atoms with Gasteiger partial charge in [0, 0.05) is 31.0 Å². The molecule has 1 amide bonds. The largest absolute Gasteiger partial charge is 0.408 e. The summed E-state index contributed by atoms with van der Waals surface area (Å²) >= 11 is 0. The second kappa shape index (κ2) is 6.67. The highest BCUT2D eigenvalue weighted by molar-refractivity contribution is 5.94. The van der Waals surface area contributed by atoms with Crippen LogP contribution in [0.15, 0.2) is 43.0 Å². The van der Waals surface area contributed by atoms with Crippen LogP contribution < -0.4 is 0 Å². The number of amides is 1. The fraction of sp³-hybridized carbons (Fsp3) is 0.412. The lowest BCUT2D eigenvalue weighted by Gasteiger charge is -2.36. The van der Waals surface area contributed by atoms with Crippen molar-refractivity contribution in [2.75, 3.05) is 6.54 Å². The number of carbonyl (C=O) groups excluding carboxylic acids is 1. The number of halogens is 3. The molecule has 1 atom stereocenters. The number of nitrogens with zero attached hydrogens (tertiary/aromatic N) is 3. The molecule has 1 aliphatic heterocycles. The van der Waals surface area contributed by atoms with Gasteiger partial charge in [0.05, 0.1) is 6.33 Å². The number of benzene rings is 1. The van der Waals surface area contributed by atoms with Gasteiger partial charge in [-0.15, -0.1) is 0 Å². The second-order valence-corrected chi connectivity index (χ2v) is 5.98. The molecule has 0 N–H and O–H groups in total. The molecule has 0 saturated carbocycles. The van der Waals surface area contributed by atoms with E-state index in [1.807, 2.05) is 10.8 Å². The van der Waals surface area contributed by atoms with Crippen molar-refractivity contribution < 1.29 is 18.0 Å². The second-order valence-electron chi connectivity index (χ2n) is 5.98. The van der Waals surface area contributed by atoms with E-state index in [4.69, 9.17) is 0 Å². The van der Waals surface area contributed by atoms with Gasteiger partial charge in [-0.3, -0.25) is 4.79 Å². The van der Waals surface area contributed by atoms with E-state index in [0.29, 0.717) is 24.9 Å². The first-order chi connectivity index (χ1) is 11.4. The van der Waals surface area contributed by atoms with Crippen LogP contribution in [0.5, 0.6) is 0 Å². The van der Waals surface area contributed by atoms with Crippen molar-refractivity contribution >= 4 is 5.91 Å². The van der Waals surface area contributed by atoms with E-state index in [0.717, 1.165) is 10.5 Å². The summed E-state index contributed by atoms with van der Waals surface area (Å²) in [4.78, 5) is 17.4. The van der Waals surface area contributed by atoms with Gasteiger partial charge in [0.1, 0.15) is 6.04 Å². The number of alkyl halides is 3. The Bertz CT molecular complexity index is 680. The molecule has 1 aromatic heterocycles. The van der Waals surface area contributed by atoms with Gasteiger partial charge in [0.25, 0.3) is 5.91 Å². The number of imidazole rings is 1. The standard InChI is InChI=1S/C17H18F3N3O/c18-17(19,20)15-3-1-2-9-23(15)16(24)14-6-4-13(5-7-14)11-22-10-8-21-12-22/h4-8,10,12,15H,1-3,9,11H2. The van der Waals surface area contributed by atoms with Crippen LogP contribution in [-0.4, -0.2) is 39.1 Å². The van der Waals surface area contributed by atoms with Crippen LogP contribution >= 0.6 is 0 Å². The summed E-state index contributed by atoms with van der Waals surface area (Å²) < 4.78 is 41.3. The number of likely N-dealkylation sites (tertiary alicyclic amines) is 1. The molecule has 1 aliphatic rings. The normalized spacial score (nSPS) is 18.6. The number of aromatic nitrogens is 2. The molecule has 0 aliphatic carbocycles. The molecule has 7 heteroatoms. The fourth-order valence-corrected chi connectivity index (χ4v) is 3.02. The molecule has 0 spiro atoms. The third-order valence-electron chi connectivity index (χ3n) is 4.27.